The predicted molar refractivity (Wildman–Crippen MR) is 82.3 cm³/mol. The number of hydrogen-bond donors (Lipinski definition) is 1. The summed E-state index contributed by atoms with van der Waals surface area (Å²) in [6.07, 6.45) is 5.20. The van der Waals surface area contributed by atoms with Crippen LogP contribution in [0.5, 0.6) is 0 Å². The van der Waals surface area contributed by atoms with Crippen LogP contribution in [0.4, 0.5) is 0 Å². The van der Waals surface area contributed by atoms with E-state index in [1.54, 1.807) is 0 Å². The lowest BCUT2D eigenvalue weighted by atomic mass is 10.0. The van der Waals surface area contributed by atoms with Gasteiger partial charge in [-0.3, -0.25) is 4.68 Å². The third-order valence-electron chi connectivity index (χ3n) is 3.57. The molecule has 2 N–H and O–H groups in total. The highest BCUT2D eigenvalue weighted by atomic mass is 32.2. The minimum absolute atomic E-state index is 0.308. The molecule has 1 aromatic heterocycles. The number of nitrogens with zero attached hydrogens (tertiary/aromatic N) is 2. The molecule has 0 spiro atoms. The van der Waals surface area contributed by atoms with Gasteiger partial charge in [-0.25, -0.2) is 0 Å². The summed E-state index contributed by atoms with van der Waals surface area (Å²) in [6.45, 7) is 2.28. The Hall–Kier alpha value is -0.130. The van der Waals surface area contributed by atoms with Gasteiger partial charge in [-0.05, 0) is 25.3 Å². The molecule has 1 aliphatic rings. The van der Waals surface area contributed by atoms with Crippen LogP contribution >= 0.6 is 23.5 Å². The van der Waals surface area contributed by atoms with Gasteiger partial charge in [0, 0.05) is 47.0 Å². The van der Waals surface area contributed by atoms with Gasteiger partial charge < -0.3 is 5.73 Å². The van der Waals surface area contributed by atoms with Crippen LogP contribution in [0, 0.1) is 0 Å². The van der Waals surface area contributed by atoms with Gasteiger partial charge in [-0.2, -0.15) is 28.6 Å². The Morgan fingerprint density at radius 1 is 1.50 bits per heavy atom. The monoisotopic (exact) mass is 285 g/mol. The number of nitrogens with two attached hydrogens (primary N) is 1. The van der Waals surface area contributed by atoms with Crippen molar-refractivity contribution in [2.24, 2.45) is 12.8 Å². The molecular formula is C13H23N3S2. The van der Waals surface area contributed by atoms with Crippen LogP contribution in [0.2, 0.25) is 0 Å². The van der Waals surface area contributed by atoms with Crippen molar-refractivity contribution in [1.29, 1.82) is 0 Å². The van der Waals surface area contributed by atoms with E-state index in [9.17, 15) is 0 Å². The molecule has 3 atom stereocenters. The number of rotatable bonds is 5. The van der Waals surface area contributed by atoms with E-state index < -0.39 is 0 Å². The Kier molecular flexibility index (Phi) is 5.45. The Morgan fingerprint density at radius 2 is 2.28 bits per heavy atom. The summed E-state index contributed by atoms with van der Waals surface area (Å²) in [5.41, 5.74) is 7.70. The standard InChI is InChI=1S/C13H23N3S2/c1-3-12-13(18-9-8-17-12)11(14)5-4-10-6-7-15-16(10)2/h6-7,11-13H,3-5,8-9,14H2,1-2H3. The van der Waals surface area contributed by atoms with Crippen LogP contribution in [-0.2, 0) is 13.5 Å². The summed E-state index contributed by atoms with van der Waals surface area (Å²) >= 11 is 4.18. The number of hydrogen-bond acceptors (Lipinski definition) is 4. The van der Waals surface area contributed by atoms with E-state index in [-0.39, 0.29) is 0 Å². The molecule has 0 saturated carbocycles. The molecule has 2 rings (SSSR count). The van der Waals surface area contributed by atoms with Crippen LogP contribution in [0.25, 0.3) is 0 Å². The maximum absolute atomic E-state index is 6.42. The summed E-state index contributed by atoms with van der Waals surface area (Å²) in [6, 6.07) is 2.40. The molecule has 1 aliphatic heterocycles. The van der Waals surface area contributed by atoms with E-state index >= 15 is 0 Å². The molecule has 18 heavy (non-hydrogen) atoms. The molecule has 0 bridgehead atoms. The normalized spacial score (nSPS) is 26.2. The third-order valence-corrected chi connectivity index (χ3v) is 7.00. The van der Waals surface area contributed by atoms with E-state index in [1.165, 1.54) is 23.6 Å². The maximum Gasteiger partial charge on any atom is 0.0492 e. The van der Waals surface area contributed by atoms with Gasteiger partial charge in [0.1, 0.15) is 0 Å². The van der Waals surface area contributed by atoms with Gasteiger partial charge >= 0.3 is 0 Å². The van der Waals surface area contributed by atoms with Gasteiger partial charge in [0.05, 0.1) is 0 Å². The number of aryl methyl sites for hydroxylation is 2. The fraction of sp³-hybridized carbons (Fsp3) is 0.769. The van der Waals surface area contributed by atoms with Crippen LogP contribution in [0.15, 0.2) is 12.3 Å². The first-order valence-electron chi connectivity index (χ1n) is 6.68. The van der Waals surface area contributed by atoms with Gasteiger partial charge in [0.15, 0.2) is 0 Å². The second kappa shape index (κ2) is 6.87. The molecule has 3 nitrogen and oxygen atoms in total. The van der Waals surface area contributed by atoms with Crippen molar-refractivity contribution < 1.29 is 0 Å². The van der Waals surface area contributed by atoms with Crippen molar-refractivity contribution >= 4 is 23.5 Å². The lowest BCUT2D eigenvalue weighted by Crippen LogP contribution is -2.42. The van der Waals surface area contributed by atoms with Crippen molar-refractivity contribution in [3.05, 3.63) is 18.0 Å². The smallest absolute Gasteiger partial charge is 0.0492 e. The van der Waals surface area contributed by atoms with Crippen LogP contribution in [0.3, 0.4) is 0 Å². The fourth-order valence-electron chi connectivity index (χ4n) is 2.46. The molecule has 1 fully saturated rings. The quantitative estimate of drug-likeness (QED) is 0.901. The lowest BCUT2D eigenvalue weighted by molar-refractivity contribution is 0.548. The second-order valence-electron chi connectivity index (χ2n) is 4.80. The average Bonchev–Trinajstić information content (AvgIpc) is 2.81. The zero-order chi connectivity index (χ0) is 13.0. The third kappa shape index (κ3) is 3.45. The van der Waals surface area contributed by atoms with E-state index in [0.29, 0.717) is 11.3 Å². The van der Waals surface area contributed by atoms with Gasteiger partial charge in [0.25, 0.3) is 0 Å². The summed E-state index contributed by atoms with van der Waals surface area (Å²) in [5.74, 6) is 2.54. The molecule has 102 valence electrons. The predicted octanol–water partition coefficient (Wildman–Crippen LogP) is 2.31. The average molecular weight is 285 g/mol. The summed E-state index contributed by atoms with van der Waals surface area (Å²) < 4.78 is 1.95. The van der Waals surface area contributed by atoms with Crippen LogP contribution < -0.4 is 5.73 Å². The first-order chi connectivity index (χ1) is 8.72. The van der Waals surface area contributed by atoms with Crippen LogP contribution in [-0.4, -0.2) is 37.8 Å². The Bertz CT molecular complexity index is 367. The SMILES string of the molecule is CCC1SCCSC1C(N)CCc1ccnn1C. The number of thioether (sulfide) groups is 2. The first-order valence-corrected chi connectivity index (χ1v) is 8.77. The van der Waals surface area contributed by atoms with Gasteiger partial charge in [-0.15, -0.1) is 0 Å². The summed E-state index contributed by atoms with van der Waals surface area (Å²) in [5, 5.41) is 5.57. The molecule has 0 aliphatic carbocycles. The molecule has 2 heterocycles. The lowest BCUT2D eigenvalue weighted by Gasteiger charge is -2.34. The molecular weight excluding hydrogens is 262 g/mol. The molecule has 0 radical (unpaired) electrons. The Balaban J connectivity index is 1.86. The van der Waals surface area contributed by atoms with Crippen molar-refractivity contribution in [2.45, 2.75) is 42.7 Å². The Labute approximate surface area is 118 Å². The minimum atomic E-state index is 0.308. The second-order valence-corrected chi connectivity index (χ2v) is 7.43. The highest BCUT2D eigenvalue weighted by molar-refractivity contribution is 8.07. The molecule has 0 amide bonds. The molecule has 0 aromatic carbocycles. The molecule has 1 aromatic rings. The van der Waals surface area contributed by atoms with Crippen molar-refractivity contribution in [3.63, 3.8) is 0 Å². The van der Waals surface area contributed by atoms with Gasteiger partial charge in [0.2, 0.25) is 0 Å². The van der Waals surface area contributed by atoms with Crippen molar-refractivity contribution in [3.8, 4) is 0 Å². The molecule has 3 unspecified atom stereocenters. The minimum Gasteiger partial charge on any atom is -0.327 e. The topological polar surface area (TPSA) is 43.8 Å². The largest absolute Gasteiger partial charge is 0.327 e. The molecule has 5 heteroatoms. The van der Waals surface area contributed by atoms with E-state index in [0.717, 1.165) is 18.1 Å². The fourth-order valence-corrected chi connectivity index (χ4v) is 5.69. The highest BCUT2D eigenvalue weighted by Crippen LogP contribution is 2.35. The number of aromatic nitrogens is 2. The zero-order valence-electron chi connectivity index (χ0n) is 11.2. The maximum atomic E-state index is 6.42. The summed E-state index contributed by atoms with van der Waals surface area (Å²) in [4.78, 5) is 0. The van der Waals surface area contributed by atoms with Crippen molar-refractivity contribution in [1.82, 2.24) is 9.78 Å². The summed E-state index contributed by atoms with van der Waals surface area (Å²) in [7, 11) is 2.00. The van der Waals surface area contributed by atoms with E-state index in [2.05, 4.69) is 41.6 Å². The van der Waals surface area contributed by atoms with E-state index in [4.69, 9.17) is 5.73 Å². The first kappa shape index (κ1) is 14.3. The van der Waals surface area contributed by atoms with Crippen molar-refractivity contribution in [2.75, 3.05) is 11.5 Å². The molecule has 1 saturated heterocycles. The Morgan fingerprint density at radius 3 is 2.94 bits per heavy atom. The zero-order valence-corrected chi connectivity index (χ0v) is 12.8. The van der Waals surface area contributed by atoms with E-state index in [1.807, 2.05) is 17.9 Å². The van der Waals surface area contributed by atoms with Gasteiger partial charge in [-0.1, -0.05) is 6.92 Å². The van der Waals surface area contributed by atoms with Crippen LogP contribution in [0.1, 0.15) is 25.5 Å². The highest BCUT2D eigenvalue weighted by Gasteiger charge is 2.29.